The van der Waals surface area contributed by atoms with Gasteiger partial charge in [-0.05, 0) is 12.1 Å². The lowest BCUT2D eigenvalue weighted by Crippen LogP contribution is -2.15. The number of Topliss-reactive ketones (excluding diaryl/α,β-unsaturated/α-hetero) is 1. The van der Waals surface area contributed by atoms with Crippen LogP contribution >= 0.6 is 0 Å². The molecule has 0 radical (unpaired) electrons. The number of hydrogen-bond acceptors (Lipinski definition) is 3. The van der Waals surface area contributed by atoms with Crippen LogP contribution in [0.4, 0.5) is 4.39 Å². The average Bonchev–Trinajstić information content (AvgIpc) is 2.94. The Morgan fingerprint density at radius 2 is 1.78 bits per heavy atom. The molecule has 23 heavy (non-hydrogen) atoms. The second kappa shape index (κ2) is 6.04. The summed E-state index contributed by atoms with van der Waals surface area (Å²) in [6.45, 7) is 0.266. The highest BCUT2D eigenvalue weighted by Gasteiger charge is 2.22. The predicted octanol–water partition coefficient (Wildman–Crippen LogP) is 3.18. The van der Waals surface area contributed by atoms with Gasteiger partial charge in [-0.15, -0.1) is 0 Å². The van der Waals surface area contributed by atoms with E-state index in [1.54, 1.807) is 41.1 Å². The predicted molar refractivity (Wildman–Crippen MR) is 83.8 cm³/mol. The van der Waals surface area contributed by atoms with Crippen LogP contribution in [0.3, 0.4) is 0 Å². The number of para-hydroxylation sites is 1. The number of rotatable bonds is 4. The van der Waals surface area contributed by atoms with Crippen molar-refractivity contribution in [3.63, 3.8) is 0 Å². The Balaban J connectivity index is 2.10. The van der Waals surface area contributed by atoms with Crippen molar-refractivity contribution in [2.24, 2.45) is 0 Å². The van der Waals surface area contributed by atoms with Gasteiger partial charge in [-0.2, -0.15) is 0 Å². The third kappa shape index (κ3) is 2.73. The number of carbonyl (C=O) groups excluding carboxylic acids is 2. The molecule has 0 atom stereocenters. The van der Waals surface area contributed by atoms with Crippen molar-refractivity contribution in [3.8, 4) is 0 Å². The summed E-state index contributed by atoms with van der Waals surface area (Å²) in [5, 5.41) is 0.638. The number of hydrogen-bond donors (Lipinski definition) is 0. The quantitative estimate of drug-likeness (QED) is 0.422. The SMILES string of the molecule is COC(=O)C(=O)c1cn(Cc2ccccc2F)c2ccccc12. The molecule has 0 saturated heterocycles. The van der Waals surface area contributed by atoms with E-state index in [1.807, 2.05) is 12.1 Å². The first-order chi connectivity index (χ1) is 11.1. The Morgan fingerprint density at radius 1 is 1.09 bits per heavy atom. The van der Waals surface area contributed by atoms with Gasteiger partial charge in [0.05, 0.1) is 19.2 Å². The van der Waals surface area contributed by atoms with Crippen LogP contribution in [-0.4, -0.2) is 23.4 Å². The van der Waals surface area contributed by atoms with Crippen molar-refractivity contribution in [3.05, 3.63) is 71.7 Å². The van der Waals surface area contributed by atoms with Gasteiger partial charge in [-0.25, -0.2) is 9.18 Å². The third-order valence-electron chi connectivity index (χ3n) is 3.70. The van der Waals surface area contributed by atoms with Crippen LogP contribution in [0.15, 0.2) is 54.7 Å². The molecule has 0 fully saturated rings. The van der Waals surface area contributed by atoms with E-state index in [1.165, 1.54) is 13.2 Å². The topological polar surface area (TPSA) is 48.3 Å². The fourth-order valence-electron chi connectivity index (χ4n) is 2.57. The van der Waals surface area contributed by atoms with Crippen molar-refractivity contribution in [1.29, 1.82) is 0 Å². The van der Waals surface area contributed by atoms with Crippen molar-refractivity contribution in [2.45, 2.75) is 6.54 Å². The zero-order valence-electron chi connectivity index (χ0n) is 12.5. The largest absolute Gasteiger partial charge is 0.463 e. The fraction of sp³-hybridized carbons (Fsp3) is 0.111. The molecule has 116 valence electrons. The highest BCUT2D eigenvalue weighted by atomic mass is 19.1. The summed E-state index contributed by atoms with van der Waals surface area (Å²) in [7, 11) is 1.17. The fourth-order valence-corrected chi connectivity index (χ4v) is 2.57. The second-order valence-corrected chi connectivity index (χ2v) is 5.10. The number of ether oxygens (including phenoxy) is 1. The number of aromatic nitrogens is 1. The molecule has 5 heteroatoms. The molecule has 2 aromatic carbocycles. The van der Waals surface area contributed by atoms with Gasteiger partial charge in [0.2, 0.25) is 0 Å². The average molecular weight is 311 g/mol. The molecule has 3 aromatic rings. The highest BCUT2D eigenvalue weighted by Crippen LogP contribution is 2.23. The molecule has 1 aromatic heterocycles. The number of esters is 1. The summed E-state index contributed by atoms with van der Waals surface area (Å²) in [6.07, 6.45) is 1.57. The van der Waals surface area contributed by atoms with Gasteiger partial charge in [0.15, 0.2) is 0 Å². The maximum Gasteiger partial charge on any atom is 0.379 e. The number of ketones is 1. The zero-order valence-corrected chi connectivity index (χ0v) is 12.5. The van der Waals surface area contributed by atoms with Crippen LogP contribution in [-0.2, 0) is 16.1 Å². The lowest BCUT2D eigenvalue weighted by atomic mass is 10.1. The maximum atomic E-state index is 13.9. The highest BCUT2D eigenvalue weighted by molar-refractivity contribution is 6.43. The van der Waals surface area contributed by atoms with Gasteiger partial charge >= 0.3 is 5.97 Å². The van der Waals surface area contributed by atoms with Gasteiger partial charge in [-0.1, -0.05) is 36.4 Å². The van der Waals surface area contributed by atoms with E-state index in [-0.39, 0.29) is 17.9 Å². The minimum Gasteiger partial charge on any atom is -0.463 e. The van der Waals surface area contributed by atoms with E-state index >= 15 is 0 Å². The summed E-state index contributed by atoms with van der Waals surface area (Å²) >= 11 is 0. The Labute approximate surface area is 132 Å². The monoisotopic (exact) mass is 311 g/mol. The third-order valence-corrected chi connectivity index (χ3v) is 3.70. The molecule has 0 N–H and O–H groups in total. The summed E-state index contributed by atoms with van der Waals surface area (Å²) in [4.78, 5) is 23.7. The lowest BCUT2D eigenvalue weighted by molar-refractivity contribution is -0.135. The van der Waals surface area contributed by atoms with Gasteiger partial charge in [-0.3, -0.25) is 4.79 Å². The van der Waals surface area contributed by atoms with E-state index in [0.717, 1.165) is 5.52 Å². The molecule has 3 rings (SSSR count). The van der Waals surface area contributed by atoms with Crippen LogP contribution in [0.25, 0.3) is 10.9 Å². The lowest BCUT2D eigenvalue weighted by Gasteiger charge is -2.06. The molecule has 0 bridgehead atoms. The summed E-state index contributed by atoms with van der Waals surface area (Å²) in [6, 6.07) is 13.6. The van der Waals surface area contributed by atoms with E-state index in [9.17, 15) is 14.0 Å². The van der Waals surface area contributed by atoms with Gasteiger partial charge in [0.25, 0.3) is 5.78 Å². The van der Waals surface area contributed by atoms with Gasteiger partial charge in [0.1, 0.15) is 5.82 Å². The van der Waals surface area contributed by atoms with E-state index < -0.39 is 11.8 Å². The van der Waals surface area contributed by atoms with Crippen molar-refractivity contribution >= 4 is 22.7 Å². The molecule has 0 aliphatic rings. The minimum atomic E-state index is -0.918. The zero-order chi connectivity index (χ0) is 16.4. The number of nitrogens with zero attached hydrogens (tertiary/aromatic N) is 1. The second-order valence-electron chi connectivity index (χ2n) is 5.10. The number of benzene rings is 2. The number of fused-ring (bicyclic) bond motifs is 1. The Morgan fingerprint density at radius 3 is 2.52 bits per heavy atom. The summed E-state index contributed by atoms with van der Waals surface area (Å²) < 4.78 is 20.1. The first-order valence-electron chi connectivity index (χ1n) is 7.05. The summed E-state index contributed by atoms with van der Waals surface area (Å²) in [5.74, 6) is -1.94. The molecule has 1 heterocycles. The van der Waals surface area contributed by atoms with E-state index in [2.05, 4.69) is 4.74 Å². The smallest absolute Gasteiger partial charge is 0.379 e. The first kappa shape index (κ1) is 15.0. The first-order valence-corrected chi connectivity index (χ1v) is 7.05. The number of carbonyl (C=O) groups is 2. The van der Waals surface area contributed by atoms with Crippen LogP contribution in [0.5, 0.6) is 0 Å². The van der Waals surface area contributed by atoms with Crippen molar-refractivity contribution in [2.75, 3.05) is 7.11 Å². The van der Waals surface area contributed by atoms with Crippen LogP contribution in [0, 0.1) is 5.82 Å². The minimum absolute atomic E-state index is 0.254. The molecule has 0 unspecified atom stereocenters. The van der Waals surface area contributed by atoms with Crippen LogP contribution in [0.2, 0.25) is 0 Å². The molecule has 0 spiro atoms. The molecule has 0 aliphatic carbocycles. The molecule has 0 saturated carbocycles. The van der Waals surface area contributed by atoms with Crippen LogP contribution < -0.4 is 0 Å². The normalized spacial score (nSPS) is 10.7. The Kier molecular flexibility index (Phi) is 3.93. The van der Waals surface area contributed by atoms with E-state index in [0.29, 0.717) is 10.9 Å². The molecule has 0 amide bonds. The Bertz CT molecular complexity index is 898. The Hall–Kier alpha value is -2.95. The molecular weight excluding hydrogens is 297 g/mol. The van der Waals surface area contributed by atoms with E-state index in [4.69, 9.17) is 0 Å². The summed E-state index contributed by atoms with van der Waals surface area (Å²) in [5.41, 5.74) is 1.51. The maximum absolute atomic E-state index is 13.9. The standard InChI is InChI=1S/C18H14FNO3/c1-23-18(22)17(21)14-11-20(16-9-5-3-7-13(14)16)10-12-6-2-4-8-15(12)19/h2-9,11H,10H2,1H3. The van der Waals surface area contributed by atoms with Gasteiger partial charge < -0.3 is 9.30 Å². The van der Waals surface area contributed by atoms with Crippen molar-refractivity contribution < 1.29 is 18.7 Å². The number of halogens is 1. The molecule has 0 aliphatic heterocycles. The molecule has 4 nitrogen and oxygen atoms in total. The number of methoxy groups -OCH3 is 1. The van der Waals surface area contributed by atoms with Crippen molar-refractivity contribution in [1.82, 2.24) is 4.57 Å². The van der Waals surface area contributed by atoms with Gasteiger partial charge in [0, 0.05) is 22.7 Å². The molecular formula is C18H14FNO3. The van der Waals surface area contributed by atoms with Crippen LogP contribution in [0.1, 0.15) is 15.9 Å².